The summed E-state index contributed by atoms with van der Waals surface area (Å²) in [6, 6.07) is 1.33. The van der Waals surface area contributed by atoms with E-state index >= 15 is 0 Å². The largest absolute Gasteiger partial charge is 0.330 e. The molecule has 1 rings (SSSR count). The first kappa shape index (κ1) is 9.12. The fourth-order valence-electron chi connectivity index (χ4n) is 0.915. The Kier molecular flexibility index (Phi) is 2.42. The normalized spacial score (nSPS) is 12.0. The molecule has 0 fully saturated rings. The van der Waals surface area contributed by atoms with Crippen LogP contribution in [0.4, 0.5) is 8.78 Å². The lowest BCUT2D eigenvalue weighted by Gasteiger charge is -2.11. The summed E-state index contributed by atoms with van der Waals surface area (Å²) in [7, 11) is 0. The maximum absolute atomic E-state index is 13.0. The van der Waals surface area contributed by atoms with E-state index in [2.05, 4.69) is 10.2 Å². The van der Waals surface area contributed by atoms with E-state index in [1.807, 2.05) is 0 Å². The molecule has 0 amide bonds. The Morgan fingerprint density at radius 3 is 2.75 bits per heavy atom. The van der Waals surface area contributed by atoms with E-state index in [-0.39, 0.29) is 18.7 Å². The van der Waals surface area contributed by atoms with Crippen LogP contribution in [0.3, 0.4) is 0 Å². The molecule has 0 saturated heterocycles. The number of aromatic nitrogens is 2. The molecule has 0 atom stereocenters. The molecular formula is C7H11F2N3. The highest BCUT2D eigenvalue weighted by Crippen LogP contribution is 2.29. The highest BCUT2D eigenvalue weighted by Gasteiger charge is 2.32. The predicted octanol–water partition coefficient (Wildman–Crippen LogP) is 1.16. The Morgan fingerprint density at radius 1 is 1.67 bits per heavy atom. The molecule has 3 N–H and O–H groups in total. The van der Waals surface area contributed by atoms with Crippen molar-refractivity contribution in [2.45, 2.75) is 19.3 Å². The smallest absolute Gasteiger partial charge is 0.292 e. The van der Waals surface area contributed by atoms with Crippen LogP contribution in [0.25, 0.3) is 0 Å². The van der Waals surface area contributed by atoms with E-state index in [9.17, 15) is 8.78 Å². The van der Waals surface area contributed by atoms with Crippen molar-refractivity contribution in [1.29, 1.82) is 0 Å². The summed E-state index contributed by atoms with van der Waals surface area (Å²) in [6.07, 6.45) is -0.364. The lowest BCUT2D eigenvalue weighted by atomic mass is 10.1. The second-order valence-electron chi connectivity index (χ2n) is 2.68. The maximum Gasteiger partial charge on any atom is 0.292 e. The Bertz CT molecular complexity index is 257. The van der Waals surface area contributed by atoms with Gasteiger partial charge < -0.3 is 5.73 Å². The van der Waals surface area contributed by atoms with E-state index < -0.39 is 5.92 Å². The minimum absolute atomic E-state index is 0.0428. The average molecular weight is 175 g/mol. The highest BCUT2D eigenvalue weighted by molar-refractivity contribution is 5.12. The molecule has 5 heteroatoms. The van der Waals surface area contributed by atoms with Crippen molar-refractivity contribution in [3.8, 4) is 0 Å². The van der Waals surface area contributed by atoms with Gasteiger partial charge in [-0.25, -0.2) is 0 Å². The van der Waals surface area contributed by atoms with Crippen LogP contribution in [0.15, 0.2) is 6.07 Å². The second-order valence-corrected chi connectivity index (χ2v) is 2.68. The van der Waals surface area contributed by atoms with Crippen molar-refractivity contribution >= 4 is 0 Å². The van der Waals surface area contributed by atoms with Crippen LogP contribution in [-0.2, 0) is 5.92 Å². The Hall–Kier alpha value is -0.970. The Morgan fingerprint density at radius 2 is 2.33 bits per heavy atom. The van der Waals surface area contributed by atoms with Gasteiger partial charge in [0.2, 0.25) is 0 Å². The Labute approximate surface area is 69.0 Å². The van der Waals surface area contributed by atoms with Crippen molar-refractivity contribution in [3.05, 3.63) is 17.5 Å². The minimum atomic E-state index is -2.90. The third-order valence-electron chi connectivity index (χ3n) is 1.54. The van der Waals surface area contributed by atoms with E-state index in [1.54, 1.807) is 6.92 Å². The number of aryl methyl sites for hydroxylation is 1. The number of nitrogens with two attached hydrogens (primary N) is 1. The summed E-state index contributed by atoms with van der Waals surface area (Å²) in [5, 5.41) is 5.94. The van der Waals surface area contributed by atoms with E-state index in [1.165, 1.54) is 6.07 Å². The van der Waals surface area contributed by atoms with E-state index in [4.69, 9.17) is 5.73 Å². The zero-order valence-electron chi connectivity index (χ0n) is 6.77. The standard InChI is InChI=1S/C7H11F2N3/c1-5-4-6(12-11-5)7(8,9)2-3-10/h4H,2-3,10H2,1H3,(H,11,12). The Balaban J connectivity index is 2.81. The SMILES string of the molecule is Cc1cc(C(F)(F)CCN)n[nH]1. The van der Waals surface area contributed by atoms with Crippen LogP contribution in [0.1, 0.15) is 17.8 Å². The molecule has 3 nitrogen and oxygen atoms in total. The zero-order chi connectivity index (χ0) is 9.19. The molecule has 0 bridgehead atoms. The van der Waals surface area contributed by atoms with Crippen molar-refractivity contribution in [1.82, 2.24) is 10.2 Å². The van der Waals surface area contributed by atoms with Gasteiger partial charge in [-0.05, 0) is 19.5 Å². The third-order valence-corrected chi connectivity index (χ3v) is 1.54. The summed E-state index contributed by atoms with van der Waals surface area (Å²) in [4.78, 5) is 0. The van der Waals surface area contributed by atoms with Gasteiger partial charge in [0.25, 0.3) is 5.92 Å². The molecule has 1 heterocycles. The number of nitrogens with zero attached hydrogens (tertiary/aromatic N) is 1. The number of H-pyrrole nitrogens is 1. The molecule has 0 aromatic carbocycles. The quantitative estimate of drug-likeness (QED) is 0.724. The maximum atomic E-state index is 13.0. The van der Waals surface area contributed by atoms with Crippen LogP contribution >= 0.6 is 0 Å². The number of hydrogen-bond donors (Lipinski definition) is 2. The van der Waals surface area contributed by atoms with Crippen LogP contribution in [0.2, 0.25) is 0 Å². The van der Waals surface area contributed by atoms with Gasteiger partial charge in [0.05, 0.1) is 0 Å². The molecular weight excluding hydrogens is 164 g/mol. The summed E-state index contributed by atoms with van der Waals surface area (Å²) < 4.78 is 26.0. The summed E-state index contributed by atoms with van der Waals surface area (Å²) in [6.45, 7) is 1.63. The number of alkyl halides is 2. The van der Waals surface area contributed by atoms with Crippen molar-refractivity contribution in [2.75, 3.05) is 6.54 Å². The van der Waals surface area contributed by atoms with Gasteiger partial charge in [-0.1, -0.05) is 0 Å². The first-order valence-corrected chi connectivity index (χ1v) is 3.66. The fourth-order valence-corrected chi connectivity index (χ4v) is 0.915. The summed E-state index contributed by atoms with van der Waals surface area (Å²) in [5.41, 5.74) is 5.44. The van der Waals surface area contributed by atoms with E-state index in [0.29, 0.717) is 5.69 Å². The van der Waals surface area contributed by atoms with Gasteiger partial charge in [0.15, 0.2) is 0 Å². The van der Waals surface area contributed by atoms with Gasteiger partial charge in [0.1, 0.15) is 5.69 Å². The predicted molar refractivity (Wildman–Crippen MR) is 40.9 cm³/mol. The molecule has 0 aliphatic rings. The third kappa shape index (κ3) is 1.79. The lowest BCUT2D eigenvalue weighted by molar-refractivity contribution is -0.0152. The molecule has 0 radical (unpaired) electrons. The number of rotatable bonds is 3. The molecule has 0 aliphatic carbocycles. The second kappa shape index (κ2) is 3.18. The molecule has 1 aromatic rings. The van der Waals surface area contributed by atoms with Crippen LogP contribution in [-0.4, -0.2) is 16.7 Å². The molecule has 0 saturated carbocycles. The monoisotopic (exact) mass is 175 g/mol. The molecule has 0 unspecified atom stereocenters. The minimum Gasteiger partial charge on any atom is -0.330 e. The first-order valence-electron chi connectivity index (χ1n) is 3.66. The molecule has 12 heavy (non-hydrogen) atoms. The number of hydrogen-bond acceptors (Lipinski definition) is 2. The highest BCUT2D eigenvalue weighted by atomic mass is 19.3. The van der Waals surface area contributed by atoms with Crippen molar-refractivity contribution in [3.63, 3.8) is 0 Å². The topological polar surface area (TPSA) is 54.7 Å². The molecule has 1 aromatic heterocycles. The summed E-state index contributed by atoms with van der Waals surface area (Å²) >= 11 is 0. The van der Waals surface area contributed by atoms with Crippen molar-refractivity contribution in [2.24, 2.45) is 5.73 Å². The average Bonchev–Trinajstić information content (AvgIpc) is 2.36. The van der Waals surface area contributed by atoms with Gasteiger partial charge in [0, 0.05) is 12.1 Å². The number of nitrogens with one attached hydrogen (secondary N) is 1. The fraction of sp³-hybridized carbons (Fsp3) is 0.571. The van der Waals surface area contributed by atoms with E-state index in [0.717, 1.165) is 0 Å². The number of halogens is 2. The van der Waals surface area contributed by atoms with Crippen molar-refractivity contribution < 1.29 is 8.78 Å². The van der Waals surface area contributed by atoms with Gasteiger partial charge in [-0.15, -0.1) is 0 Å². The summed E-state index contributed by atoms with van der Waals surface area (Å²) in [5.74, 6) is -2.90. The van der Waals surface area contributed by atoms with Crippen LogP contribution < -0.4 is 5.73 Å². The van der Waals surface area contributed by atoms with Crippen LogP contribution in [0, 0.1) is 6.92 Å². The van der Waals surface area contributed by atoms with Crippen LogP contribution in [0.5, 0.6) is 0 Å². The molecule has 68 valence electrons. The number of aromatic amines is 1. The molecule has 0 spiro atoms. The zero-order valence-corrected chi connectivity index (χ0v) is 6.77. The lowest BCUT2D eigenvalue weighted by Crippen LogP contribution is -2.19. The van der Waals surface area contributed by atoms with Gasteiger partial charge in [-0.3, -0.25) is 5.10 Å². The van der Waals surface area contributed by atoms with Gasteiger partial charge in [-0.2, -0.15) is 13.9 Å². The van der Waals surface area contributed by atoms with Gasteiger partial charge >= 0.3 is 0 Å². The first-order chi connectivity index (χ1) is 5.56. The molecule has 0 aliphatic heterocycles.